The fourth-order valence-corrected chi connectivity index (χ4v) is 2.49. The summed E-state index contributed by atoms with van der Waals surface area (Å²) in [5, 5.41) is 9.00. The zero-order valence-corrected chi connectivity index (χ0v) is 13.1. The van der Waals surface area contributed by atoms with E-state index in [0.717, 1.165) is 9.03 Å². The van der Waals surface area contributed by atoms with E-state index in [9.17, 15) is 0 Å². The van der Waals surface area contributed by atoms with E-state index in [1.54, 1.807) is 0 Å². The third kappa shape index (κ3) is 2.42. The smallest absolute Gasteiger partial charge is 0.399 e. The summed E-state index contributed by atoms with van der Waals surface area (Å²) in [6.07, 6.45) is 0. The molecule has 0 amide bonds. The molecule has 0 N–H and O–H groups in total. The van der Waals surface area contributed by atoms with Crippen LogP contribution < -0.4 is 5.46 Å². The van der Waals surface area contributed by atoms with Crippen molar-refractivity contribution in [2.24, 2.45) is 0 Å². The number of hydrogen-bond acceptors (Lipinski definition) is 3. The van der Waals surface area contributed by atoms with Crippen LogP contribution in [-0.2, 0) is 9.31 Å². The van der Waals surface area contributed by atoms with Crippen molar-refractivity contribution in [2.45, 2.75) is 38.9 Å². The maximum atomic E-state index is 9.00. The summed E-state index contributed by atoms with van der Waals surface area (Å²) in [6.45, 7) is 8.08. The van der Waals surface area contributed by atoms with Crippen LogP contribution in [0.5, 0.6) is 0 Å². The van der Waals surface area contributed by atoms with Crippen LogP contribution in [-0.4, -0.2) is 18.3 Å². The lowest BCUT2D eigenvalue weighted by Crippen LogP contribution is -2.41. The topological polar surface area (TPSA) is 42.2 Å². The Morgan fingerprint density at radius 1 is 1.11 bits per heavy atom. The Bertz CT molecular complexity index is 506. The van der Waals surface area contributed by atoms with E-state index >= 15 is 0 Å². The first-order valence-electron chi connectivity index (χ1n) is 5.81. The van der Waals surface area contributed by atoms with Crippen molar-refractivity contribution >= 4 is 35.2 Å². The van der Waals surface area contributed by atoms with Crippen LogP contribution in [0.3, 0.4) is 0 Å². The lowest BCUT2D eigenvalue weighted by Gasteiger charge is -2.32. The average Bonchev–Trinajstić information content (AvgIpc) is 2.47. The summed E-state index contributed by atoms with van der Waals surface area (Å²) in [5.41, 5.74) is 0.820. The molecular formula is C13H15BINO2. The molecule has 1 aromatic carbocycles. The first-order chi connectivity index (χ1) is 8.25. The van der Waals surface area contributed by atoms with Gasteiger partial charge in [-0.05, 0) is 73.9 Å². The third-order valence-corrected chi connectivity index (χ3v) is 4.20. The highest BCUT2D eigenvalue weighted by Gasteiger charge is 2.51. The van der Waals surface area contributed by atoms with E-state index in [0.29, 0.717) is 5.56 Å². The molecule has 0 aliphatic carbocycles. The van der Waals surface area contributed by atoms with Gasteiger partial charge in [0.25, 0.3) is 0 Å². The van der Waals surface area contributed by atoms with Crippen LogP contribution in [0.4, 0.5) is 0 Å². The van der Waals surface area contributed by atoms with Crippen molar-refractivity contribution in [1.29, 1.82) is 5.26 Å². The third-order valence-electron chi connectivity index (χ3n) is 3.57. The monoisotopic (exact) mass is 355 g/mol. The second kappa shape index (κ2) is 4.51. The van der Waals surface area contributed by atoms with Gasteiger partial charge in [0.2, 0.25) is 0 Å². The zero-order valence-electron chi connectivity index (χ0n) is 11.0. The number of rotatable bonds is 1. The van der Waals surface area contributed by atoms with Gasteiger partial charge in [-0.2, -0.15) is 5.26 Å². The molecule has 3 nitrogen and oxygen atoms in total. The van der Waals surface area contributed by atoms with E-state index in [4.69, 9.17) is 14.6 Å². The highest BCUT2D eigenvalue weighted by molar-refractivity contribution is 14.1. The summed E-state index contributed by atoms with van der Waals surface area (Å²) < 4.78 is 12.9. The largest absolute Gasteiger partial charge is 0.494 e. The molecule has 1 aliphatic rings. The van der Waals surface area contributed by atoms with E-state index in [2.05, 4.69) is 28.7 Å². The second-order valence-electron chi connectivity index (χ2n) is 5.47. The van der Waals surface area contributed by atoms with Crippen LogP contribution in [0, 0.1) is 14.9 Å². The van der Waals surface area contributed by atoms with Gasteiger partial charge in [-0.15, -0.1) is 0 Å². The van der Waals surface area contributed by atoms with Gasteiger partial charge in [-0.3, -0.25) is 0 Å². The molecule has 18 heavy (non-hydrogen) atoms. The molecule has 0 unspecified atom stereocenters. The SMILES string of the molecule is CC1(C)OB(c2cc(I)cc(C#N)c2)OC1(C)C. The van der Waals surface area contributed by atoms with Gasteiger partial charge in [0.1, 0.15) is 0 Å². The van der Waals surface area contributed by atoms with Crippen molar-refractivity contribution in [3.63, 3.8) is 0 Å². The lowest BCUT2D eigenvalue weighted by atomic mass is 9.78. The van der Waals surface area contributed by atoms with Gasteiger partial charge in [0.15, 0.2) is 0 Å². The number of benzene rings is 1. The quantitative estimate of drug-likeness (QED) is 0.574. The minimum absolute atomic E-state index is 0.355. The number of nitrogens with zero attached hydrogens (tertiary/aromatic N) is 1. The van der Waals surface area contributed by atoms with Gasteiger partial charge in [-0.25, -0.2) is 0 Å². The fourth-order valence-electron chi connectivity index (χ4n) is 1.79. The molecule has 0 aromatic heterocycles. The molecule has 1 aromatic rings. The second-order valence-corrected chi connectivity index (χ2v) is 6.72. The molecule has 1 heterocycles. The lowest BCUT2D eigenvalue weighted by molar-refractivity contribution is 0.00578. The van der Waals surface area contributed by atoms with Crippen LogP contribution in [0.2, 0.25) is 0 Å². The normalized spacial score (nSPS) is 20.8. The Morgan fingerprint density at radius 2 is 1.67 bits per heavy atom. The van der Waals surface area contributed by atoms with E-state index in [-0.39, 0.29) is 11.2 Å². The summed E-state index contributed by atoms with van der Waals surface area (Å²) in [5.74, 6) is 0. The average molecular weight is 355 g/mol. The van der Waals surface area contributed by atoms with Gasteiger partial charge < -0.3 is 9.31 Å². The number of hydrogen-bond donors (Lipinski definition) is 0. The van der Waals surface area contributed by atoms with Gasteiger partial charge in [-0.1, -0.05) is 0 Å². The summed E-state index contributed by atoms with van der Waals surface area (Å²) >= 11 is 2.20. The summed E-state index contributed by atoms with van der Waals surface area (Å²) in [4.78, 5) is 0. The van der Waals surface area contributed by atoms with Crippen molar-refractivity contribution in [3.8, 4) is 6.07 Å². The molecular weight excluding hydrogens is 340 g/mol. The van der Waals surface area contributed by atoms with E-state index in [1.165, 1.54) is 0 Å². The first kappa shape index (κ1) is 13.8. The van der Waals surface area contributed by atoms with Crippen LogP contribution in [0.25, 0.3) is 0 Å². The Hall–Kier alpha value is -0.575. The van der Waals surface area contributed by atoms with E-state index < -0.39 is 7.12 Å². The van der Waals surface area contributed by atoms with Crippen LogP contribution >= 0.6 is 22.6 Å². The first-order valence-corrected chi connectivity index (χ1v) is 6.89. The van der Waals surface area contributed by atoms with Gasteiger partial charge in [0, 0.05) is 3.57 Å². The van der Waals surface area contributed by atoms with Gasteiger partial charge >= 0.3 is 7.12 Å². The summed E-state index contributed by atoms with van der Waals surface area (Å²) in [7, 11) is -0.406. The molecule has 0 atom stereocenters. The van der Waals surface area contributed by atoms with Gasteiger partial charge in [0.05, 0.1) is 22.8 Å². The molecule has 1 saturated heterocycles. The molecule has 94 valence electrons. The molecule has 0 saturated carbocycles. The Balaban J connectivity index is 2.36. The van der Waals surface area contributed by atoms with Crippen LogP contribution in [0.1, 0.15) is 33.3 Å². The van der Waals surface area contributed by atoms with E-state index in [1.807, 2.05) is 45.9 Å². The van der Waals surface area contributed by atoms with Crippen molar-refractivity contribution < 1.29 is 9.31 Å². The Kier molecular flexibility index (Phi) is 3.47. The van der Waals surface area contributed by atoms with Crippen LogP contribution in [0.15, 0.2) is 18.2 Å². The maximum Gasteiger partial charge on any atom is 0.494 e. The highest BCUT2D eigenvalue weighted by Crippen LogP contribution is 2.36. The van der Waals surface area contributed by atoms with Crippen molar-refractivity contribution in [3.05, 3.63) is 27.3 Å². The number of nitriles is 1. The molecule has 5 heteroatoms. The predicted molar refractivity (Wildman–Crippen MR) is 79.6 cm³/mol. The fraction of sp³-hybridized carbons (Fsp3) is 0.462. The predicted octanol–water partition coefficient (Wildman–Crippen LogP) is 2.46. The Labute approximate surface area is 122 Å². The molecule has 0 spiro atoms. The maximum absolute atomic E-state index is 9.00. The van der Waals surface area contributed by atoms with Crippen molar-refractivity contribution in [1.82, 2.24) is 0 Å². The Morgan fingerprint density at radius 3 is 2.17 bits per heavy atom. The summed E-state index contributed by atoms with van der Waals surface area (Å²) in [6, 6.07) is 7.81. The van der Waals surface area contributed by atoms with Crippen molar-refractivity contribution in [2.75, 3.05) is 0 Å². The molecule has 1 fully saturated rings. The number of halogens is 1. The standard InChI is InChI=1S/C13H15BINO2/c1-12(2)13(3,4)18-14(17-12)10-5-9(8-16)6-11(15)7-10/h5-7H,1-4H3. The minimum atomic E-state index is -0.406. The molecule has 2 rings (SSSR count). The minimum Gasteiger partial charge on any atom is -0.399 e. The molecule has 0 radical (unpaired) electrons. The molecule has 0 bridgehead atoms. The highest BCUT2D eigenvalue weighted by atomic mass is 127. The molecule has 1 aliphatic heterocycles. The zero-order chi connectivity index (χ0) is 13.6.